The molecule has 1 rings (SSSR count). The first-order chi connectivity index (χ1) is 7.98. The number of rotatable bonds is 5. The molecule has 4 nitrogen and oxygen atoms in total. The zero-order valence-electron chi connectivity index (χ0n) is 10.6. The lowest BCUT2D eigenvalue weighted by molar-refractivity contribution is -0.118. The monoisotopic (exact) mass is 236 g/mol. The molecule has 1 aromatic rings. The van der Waals surface area contributed by atoms with Gasteiger partial charge in [-0.25, -0.2) is 0 Å². The average Bonchev–Trinajstić information content (AvgIpc) is 2.78. The molecule has 0 fully saturated rings. The predicted octanol–water partition coefficient (Wildman–Crippen LogP) is 1.78. The van der Waals surface area contributed by atoms with Gasteiger partial charge in [-0.15, -0.1) is 0 Å². The average molecular weight is 236 g/mol. The van der Waals surface area contributed by atoms with E-state index in [1.54, 1.807) is 24.5 Å². The van der Waals surface area contributed by atoms with E-state index in [2.05, 4.69) is 5.32 Å². The van der Waals surface area contributed by atoms with Crippen molar-refractivity contribution in [3.8, 4) is 0 Å². The molecule has 0 aliphatic rings. The van der Waals surface area contributed by atoms with Crippen LogP contribution in [-0.4, -0.2) is 18.0 Å². The number of carbonyl (C=O) groups is 1. The molecule has 1 amide bonds. The quantitative estimate of drug-likeness (QED) is 0.766. The van der Waals surface area contributed by atoms with E-state index in [0.29, 0.717) is 12.3 Å². The van der Waals surface area contributed by atoms with E-state index >= 15 is 0 Å². The maximum atomic E-state index is 11.7. The van der Waals surface area contributed by atoms with E-state index in [4.69, 9.17) is 10.2 Å². The molecule has 94 valence electrons. The minimum atomic E-state index is -0.384. The van der Waals surface area contributed by atoms with Crippen molar-refractivity contribution in [1.29, 1.82) is 0 Å². The first-order valence-electron chi connectivity index (χ1n) is 5.72. The van der Waals surface area contributed by atoms with Gasteiger partial charge in [-0.05, 0) is 31.1 Å². The molecular formula is C13H20N2O2. The van der Waals surface area contributed by atoms with Gasteiger partial charge in [0.1, 0.15) is 5.76 Å². The molecule has 0 saturated heterocycles. The second kappa shape index (κ2) is 5.68. The van der Waals surface area contributed by atoms with Gasteiger partial charge in [-0.3, -0.25) is 4.79 Å². The van der Waals surface area contributed by atoms with E-state index in [0.717, 1.165) is 0 Å². The number of nitrogens with two attached hydrogens (primary N) is 1. The van der Waals surface area contributed by atoms with Crippen molar-refractivity contribution < 1.29 is 9.21 Å². The highest BCUT2D eigenvalue weighted by molar-refractivity contribution is 5.91. The van der Waals surface area contributed by atoms with Crippen LogP contribution in [0.3, 0.4) is 0 Å². The summed E-state index contributed by atoms with van der Waals surface area (Å²) in [5.74, 6) is 0.760. The SMILES string of the molecule is CC(C)C(C)(CN)NC(=O)/C=C/c1ccco1. The van der Waals surface area contributed by atoms with Crippen molar-refractivity contribution in [3.63, 3.8) is 0 Å². The molecule has 17 heavy (non-hydrogen) atoms. The highest BCUT2D eigenvalue weighted by Crippen LogP contribution is 2.14. The van der Waals surface area contributed by atoms with Gasteiger partial charge in [0.2, 0.25) is 5.91 Å². The van der Waals surface area contributed by atoms with Crippen molar-refractivity contribution in [1.82, 2.24) is 5.32 Å². The van der Waals surface area contributed by atoms with Gasteiger partial charge in [0.05, 0.1) is 11.8 Å². The van der Waals surface area contributed by atoms with E-state index < -0.39 is 0 Å². The first kappa shape index (κ1) is 13.5. The van der Waals surface area contributed by atoms with E-state index in [1.807, 2.05) is 20.8 Å². The van der Waals surface area contributed by atoms with Gasteiger partial charge in [-0.2, -0.15) is 0 Å². The zero-order valence-corrected chi connectivity index (χ0v) is 10.6. The Morgan fingerprint density at radius 1 is 1.65 bits per heavy atom. The summed E-state index contributed by atoms with van der Waals surface area (Å²) in [5.41, 5.74) is 5.31. The maximum Gasteiger partial charge on any atom is 0.244 e. The Bertz CT molecular complexity index is 382. The molecule has 3 N–H and O–H groups in total. The van der Waals surface area contributed by atoms with Gasteiger partial charge >= 0.3 is 0 Å². The van der Waals surface area contributed by atoms with Crippen molar-refractivity contribution in [2.45, 2.75) is 26.3 Å². The van der Waals surface area contributed by atoms with Gasteiger partial charge < -0.3 is 15.5 Å². The van der Waals surface area contributed by atoms with Crippen molar-refractivity contribution in [2.75, 3.05) is 6.54 Å². The number of nitrogens with one attached hydrogen (secondary N) is 1. The van der Waals surface area contributed by atoms with E-state index in [1.165, 1.54) is 6.08 Å². The van der Waals surface area contributed by atoms with Crippen LogP contribution in [0.2, 0.25) is 0 Å². The molecule has 1 aromatic heterocycles. The molecule has 0 bridgehead atoms. The summed E-state index contributed by atoms with van der Waals surface area (Å²) in [6.07, 6.45) is 4.65. The summed E-state index contributed by atoms with van der Waals surface area (Å²) < 4.78 is 5.10. The number of hydrogen-bond donors (Lipinski definition) is 2. The maximum absolute atomic E-state index is 11.7. The van der Waals surface area contributed by atoms with Crippen LogP contribution in [0.4, 0.5) is 0 Å². The molecule has 0 aliphatic carbocycles. The van der Waals surface area contributed by atoms with Gasteiger partial charge in [0, 0.05) is 12.6 Å². The Morgan fingerprint density at radius 3 is 2.82 bits per heavy atom. The summed E-state index contributed by atoms with van der Waals surface area (Å²) in [6.45, 7) is 6.41. The molecule has 0 spiro atoms. The largest absolute Gasteiger partial charge is 0.465 e. The lowest BCUT2D eigenvalue weighted by Crippen LogP contribution is -2.54. The number of carbonyl (C=O) groups excluding carboxylic acids is 1. The van der Waals surface area contributed by atoms with Crippen LogP contribution in [0.25, 0.3) is 6.08 Å². The fraction of sp³-hybridized carbons (Fsp3) is 0.462. The Kier molecular flexibility index (Phi) is 4.52. The third-order valence-electron chi connectivity index (χ3n) is 3.05. The van der Waals surface area contributed by atoms with Crippen LogP contribution in [-0.2, 0) is 4.79 Å². The number of furan rings is 1. The van der Waals surface area contributed by atoms with E-state index in [9.17, 15) is 4.79 Å². The second-order valence-electron chi connectivity index (χ2n) is 4.61. The molecule has 0 radical (unpaired) electrons. The summed E-state index contributed by atoms with van der Waals surface area (Å²) in [7, 11) is 0. The molecule has 4 heteroatoms. The summed E-state index contributed by atoms with van der Waals surface area (Å²) in [4.78, 5) is 11.7. The van der Waals surface area contributed by atoms with Crippen LogP contribution in [0.5, 0.6) is 0 Å². The number of hydrogen-bond acceptors (Lipinski definition) is 3. The molecule has 1 atom stereocenters. The lowest BCUT2D eigenvalue weighted by atomic mass is 9.88. The summed E-state index contributed by atoms with van der Waals surface area (Å²) in [6, 6.07) is 3.56. The molecule has 0 aliphatic heterocycles. The van der Waals surface area contributed by atoms with Gasteiger partial charge in [0.15, 0.2) is 0 Å². The topological polar surface area (TPSA) is 68.3 Å². The zero-order chi connectivity index (χ0) is 12.9. The Morgan fingerprint density at radius 2 is 2.35 bits per heavy atom. The van der Waals surface area contributed by atoms with Crippen LogP contribution < -0.4 is 11.1 Å². The van der Waals surface area contributed by atoms with Gasteiger partial charge in [0.25, 0.3) is 0 Å². The summed E-state index contributed by atoms with van der Waals surface area (Å²) in [5, 5.41) is 2.91. The molecular weight excluding hydrogens is 216 g/mol. The smallest absolute Gasteiger partial charge is 0.244 e. The third kappa shape index (κ3) is 3.75. The van der Waals surface area contributed by atoms with Crippen LogP contribution in [0.15, 0.2) is 28.9 Å². The van der Waals surface area contributed by atoms with Crippen molar-refractivity contribution in [2.24, 2.45) is 11.7 Å². The Labute approximate surface area is 102 Å². The molecule has 0 aromatic carbocycles. The normalized spacial score (nSPS) is 15.1. The van der Waals surface area contributed by atoms with Crippen LogP contribution in [0, 0.1) is 5.92 Å². The highest BCUT2D eigenvalue weighted by Gasteiger charge is 2.27. The van der Waals surface area contributed by atoms with Crippen molar-refractivity contribution >= 4 is 12.0 Å². The lowest BCUT2D eigenvalue weighted by Gasteiger charge is -2.33. The molecule has 1 heterocycles. The fourth-order valence-electron chi connectivity index (χ4n) is 1.30. The van der Waals surface area contributed by atoms with Crippen LogP contribution >= 0.6 is 0 Å². The van der Waals surface area contributed by atoms with Gasteiger partial charge in [-0.1, -0.05) is 13.8 Å². The predicted molar refractivity (Wildman–Crippen MR) is 68.2 cm³/mol. The second-order valence-corrected chi connectivity index (χ2v) is 4.61. The molecule has 1 unspecified atom stereocenters. The van der Waals surface area contributed by atoms with Crippen LogP contribution in [0.1, 0.15) is 26.5 Å². The van der Waals surface area contributed by atoms with E-state index in [-0.39, 0.29) is 17.4 Å². The number of amides is 1. The standard InChI is InChI=1S/C13H20N2O2/c1-10(2)13(3,9-14)15-12(16)7-6-11-5-4-8-17-11/h4-8,10H,9,14H2,1-3H3,(H,15,16)/b7-6+. The first-order valence-corrected chi connectivity index (χ1v) is 5.72. The minimum absolute atomic E-state index is 0.164. The Hall–Kier alpha value is -1.55. The highest BCUT2D eigenvalue weighted by atomic mass is 16.3. The summed E-state index contributed by atoms with van der Waals surface area (Å²) >= 11 is 0. The molecule has 0 saturated carbocycles. The van der Waals surface area contributed by atoms with Crippen molar-refractivity contribution in [3.05, 3.63) is 30.2 Å². The third-order valence-corrected chi connectivity index (χ3v) is 3.05. The fourth-order valence-corrected chi connectivity index (χ4v) is 1.30. The minimum Gasteiger partial charge on any atom is -0.465 e. The Balaban J connectivity index is 2.60.